The molecule has 0 rings (SSSR count). The predicted octanol–water partition coefficient (Wildman–Crippen LogP) is 1.46. The minimum absolute atomic E-state index is 0. The van der Waals surface area contributed by atoms with Gasteiger partial charge in [0.1, 0.15) is 0 Å². The standard InChI is InChI=1S/C4H7N.FH/c1-2-3-4-5;/h2-3H2,1H3;1H. The van der Waals surface area contributed by atoms with Crippen molar-refractivity contribution < 1.29 is 4.70 Å². The van der Waals surface area contributed by atoms with E-state index >= 15 is 0 Å². The third kappa shape index (κ3) is 9.93. The molecule has 0 aliphatic carbocycles. The zero-order valence-corrected chi connectivity index (χ0v) is 3.77. The van der Waals surface area contributed by atoms with Crippen LogP contribution in [0.2, 0.25) is 0 Å². The molecule has 0 fully saturated rings. The third-order valence-corrected chi connectivity index (χ3v) is 0.362. The Balaban J connectivity index is 0. The van der Waals surface area contributed by atoms with Crippen molar-refractivity contribution in [3.05, 3.63) is 0 Å². The molecule has 0 heterocycles. The summed E-state index contributed by atoms with van der Waals surface area (Å²) in [6.45, 7) is 1.99. The Morgan fingerprint density at radius 1 is 1.67 bits per heavy atom. The molecule has 0 atom stereocenters. The summed E-state index contributed by atoms with van der Waals surface area (Å²) in [4.78, 5) is 0. The van der Waals surface area contributed by atoms with Crippen molar-refractivity contribution in [2.45, 2.75) is 19.8 Å². The molecule has 0 spiro atoms. The van der Waals surface area contributed by atoms with Crippen LogP contribution in [0.4, 0.5) is 4.70 Å². The Hall–Kier alpha value is -0.580. The summed E-state index contributed by atoms with van der Waals surface area (Å²) in [6.07, 6.45) is 1.68. The van der Waals surface area contributed by atoms with Gasteiger partial charge in [0.05, 0.1) is 6.07 Å². The molecule has 0 aliphatic rings. The van der Waals surface area contributed by atoms with Gasteiger partial charge < -0.3 is 0 Å². The van der Waals surface area contributed by atoms with Gasteiger partial charge in [0, 0.05) is 6.42 Å². The fourth-order valence-corrected chi connectivity index (χ4v) is 0.112. The third-order valence-electron chi connectivity index (χ3n) is 0.362. The Labute approximate surface area is 37.0 Å². The quantitative estimate of drug-likeness (QED) is 0.477. The van der Waals surface area contributed by atoms with Gasteiger partial charge in [-0.3, -0.25) is 4.70 Å². The highest BCUT2D eigenvalue weighted by molar-refractivity contribution is 4.65. The van der Waals surface area contributed by atoms with Crippen molar-refractivity contribution in [3.8, 4) is 6.07 Å². The maximum atomic E-state index is 7.82. The number of hydrogen-bond donors (Lipinski definition) is 0. The van der Waals surface area contributed by atoms with Crippen molar-refractivity contribution in [2.24, 2.45) is 0 Å². The van der Waals surface area contributed by atoms with E-state index in [1.165, 1.54) is 0 Å². The van der Waals surface area contributed by atoms with Gasteiger partial charge in [-0.1, -0.05) is 6.92 Å². The Morgan fingerprint density at radius 3 is 2.17 bits per heavy atom. The number of halogens is 1. The van der Waals surface area contributed by atoms with Crippen LogP contribution in [0.3, 0.4) is 0 Å². The second-order valence-corrected chi connectivity index (χ2v) is 0.908. The van der Waals surface area contributed by atoms with Crippen LogP contribution < -0.4 is 0 Å². The van der Waals surface area contributed by atoms with Crippen LogP contribution in [0.25, 0.3) is 0 Å². The van der Waals surface area contributed by atoms with E-state index in [-0.39, 0.29) is 4.70 Å². The van der Waals surface area contributed by atoms with Gasteiger partial charge in [0.2, 0.25) is 0 Å². The van der Waals surface area contributed by atoms with Gasteiger partial charge in [-0.25, -0.2) is 0 Å². The molecule has 1 nitrogen and oxygen atoms in total. The second kappa shape index (κ2) is 8.83. The van der Waals surface area contributed by atoms with E-state index in [1.807, 2.05) is 13.0 Å². The lowest BCUT2D eigenvalue weighted by atomic mass is 10.4. The molecule has 0 aromatic rings. The smallest absolute Gasteiger partial charge is 0.0621 e. The lowest BCUT2D eigenvalue weighted by Gasteiger charge is -1.65. The molecule has 0 saturated carbocycles. The normalized spacial score (nSPS) is 5.33. The van der Waals surface area contributed by atoms with Crippen LogP contribution in [0, 0.1) is 11.3 Å². The van der Waals surface area contributed by atoms with Gasteiger partial charge in [-0.15, -0.1) is 0 Å². The molecule has 0 unspecified atom stereocenters. The van der Waals surface area contributed by atoms with Crippen LogP contribution in [-0.4, -0.2) is 0 Å². The van der Waals surface area contributed by atoms with E-state index in [2.05, 4.69) is 0 Å². The topological polar surface area (TPSA) is 23.8 Å². The van der Waals surface area contributed by atoms with Crippen molar-refractivity contribution in [1.82, 2.24) is 0 Å². The van der Waals surface area contributed by atoms with E-state index < -0.39 is 0 Å². The van der Waals surface area contributed by atoms with Crippen LogP contribution in [0.5, 0.6) is 0 Å². The lowest BCUT2D eigenvalue weighted by molar-refractivity contribution is 0.969. The first-order valence-electron chi connectivity index (χ1n) is 1.78. The second-order valence-electron chi connectivity index (χ2n) is 0.908. The Kier molecular flexibility index (Phi) is 13.3. The summed E-state index contributed by atoms with van der Waals surface area (Å²) in [6, 6.07) is 2.02. The molecule has 0 radical (unpaired) electrons. The minimum atomic E-state index is 0. The molecule has 0 N–H and O–H groups in total. The number of hydrogen-bond acceptors (Lipinski definition) is 1. The molecule has 0 aromatic carbocycles. The van der Waals surface area contributed by atoms with Crippen LogP contribution in [0.15, 0.2) is 0 Å². The summed E-state index contributed by atoms with van der Waals surface area (Å²) in [5.41, 5.74) is 0. The number of unbranched alkanes of at least 4 members (excludes halogenated alkanes) is 1. The monoisotopic (exact) mass is 89.1 g/mol. The van der Waals surface area contributed by atoms with Crippen molar-refractivity contribution in [3.63, 3.8) is 0 Å². The molecule has 0 amide bonds. The summed E-state index contributed by atoms with van der Waals surface area (Å²) in [5.74, 6) is 0. The van der Waals surface area contributed by atoms with Gasteiger partial charge in [0.25, 0.3) is 0 Å². The molecular weight excluding hydrogens is 81.0 g/mol. The number of nitrogens with zero attached hydrogens (tertiary/aromatic N) is 1. The molecule has 36 valence electrons. The first-order chi connectivity index (χ1) is 2.41. The average Bonchev–Trinajstić information content (AvgIpc) is 1.41. The van der Waals surface area contributed by atoms with E-state index in [1.54, 1.807) is 0 Å². The predicted molar refractivity (Wildman–Crippen MR) is 23.0 cm³/mol. The maximum absolute atomic E-state index is 7.82. The van der Waals surface area contributed by atoms with Gasteiger partial charge in [-0.05, 0) is 6.42 Å². The van der Waals surface area contributed by atoms with Crippen LogP contribution >= 0.6 is 0 Å². The summed E-state index contributed by atoms with van der Waals surface area (Å²) in [5, 5.41) is 7.82. The molecule has 2 heteroatoms. The molecule has 0 bridgehead atoms. The molecule has 0 saturated heterocycles. The minimum Gasteiger partial charge on any atom is -0.269 e. The first-order valence-corrected chi connectivity index (χ1v) is 1.78. The maximum Gasteiger partial charge on any atom is 0.0621 e. The Bertz CT molecular complexity index is 46.0. The van der Waals surface area contributed by atoms with Crippen molar-refractivity contribution in [1.29, 1.82) is 5.26 Å². The Morgan fingerprint density at radius 2 is 2.17 bits per heavy atom. The number of nitriles is 1. The lowest BCUT2D eigenvalue weighted by Crippen LogP contribution is -1.53. The van der Waals surface area contributed by atoms with Crippen molar-refractivity contribution in [2.75, 3.05) is 0 Å². The first kappa shape index (κ1) is 9.05. The average molecular weight is 89.1 g/mol. The SMILES string of the molecule is CCCC#N.F. The molecular formula is C4H8FN. The van der Waals surface area contributed by atoms with E-state index in [9.17, 15) is 0 Å². The highest BCUT2D eigenvalue weighted by atomic mass is 19.0. The largest absolute Gasteiger partial charge is 0.269 e. The molecule has 0 aliphatic heterocycles. The van der Waals surface area contributed by atoms with E-state index in [0.29, 0.717) is 6.42 Å². The van der Waals surface area contributed by atoms with E-state index in [0.717, 1.165) is 6.42 Å². The number of rotatable bonds is 1. The van der Waals surface area contributed by atoms with Crippen LogP contribution in [0.1, 0.15) is 19.8 Å². The van der Waals surface area contributed by atoms with Crippen LogP contribution in [-0.2, 0) is 0 Å². The van der Waals surface area contributed by atoms with Gasteiger partial charge in [-0.2, -0.15) is 5.26 Å². The zero-order chi connectivity index (χ0) is 4.12. The summed E-state index contributed by atoms with van der Waals surface area (Å²) in [7, 11) is 0. The van der Waals surface area contributed by atoms with Gasteiger partial charge >= 0.3 is 0 Å². The van der Waals surface area contributed by atoms with E-state index in [4.69, 9.17) is 5.26 Å². The summed E-state index contributed by atoms with van der Waals surface area (Å²) >= 11 is 0. The summed E-state index contributed by atoms with van der Waals surface area (Å²) < 4.78 is 0. The highest BCUT2D eigenvalue weighted by Crippen LogP contribution is 1.77. The molecule has 6 heavy (non-hydrogen) atoms. The molecule has 0 aromatic heterocycles. The van der Waals surface area contributed by atoms with Gasteiger partial charge in [0.15, 0.2) is 0 Å². The fraction of sp³-hybridized carbons (Fsp3) is 0.750. The van der Waals surface area contributed by atoms with Crippen molar-refractivity contribution >= 4 is 0 Å². The zero-order valence-electron chi connectivity index (χ0n) is 3.77. The fourth-order valence-electron chi connectivity index (χ4n) is 0.112. The highest BCUT2D eigenvalue weighted by Gasteiger charge is 1.65.